The predicted octanol–water partition coefficient (Wildman–Crippen LogP) is 4.93. The lowest BCUT2D eigenvalue weighted by Gasteiger charge is -2.11. The lowest BCUT2D eigenvalue weighted by Crippen LogP contribution is -2.10. The second-order valence-electron chi connectivity index (χ2n) is 7.18. The Hall–Kier alpha value is -4.30. The normalized spacial score (nSPS) is 13.8. The Kier molecular flexibility index (Phi) is 7.03. The average molecular weight is 494 g/mol. The Morgan fingerprint density at radius 1 is 0.886 bits per heavy atom. The van der Waals surface area contributed by atoms with E-state index in [0.717, 1.165) is 0 Å². The fourth-order valence-corrected chi connectivity index (χ4v) is 3.53. The molecule has 35 heavy (non-hydrogen) atoms. The first-order valence-corrected chi connectivity index (χ1v) is 10.7. The first-order valence-electron chi connectivity index (χ1n) is 10.3. The van der Waals surface area contributed by atoms with Gasteiger partial charge in [-0.25, -0.2) is 14.6 Å². The van der Waals surface area contributed by atoms with Crippen LogP contribution in [0.5, 0.6) is 23.0 Å². The molecule has 0 saturated carbocycles. The second-order valence-corrected chi connectivity index (χ2v) is 7.62. The van der Waals surface area contributed by atoms with Crippen molar-refractivity contribution in [2.75, 3.05) is 21.3 Å². The summed E-state index contributed by atoms with van der Waals surface area (Å²) in [5.74, 6) is 0.188. The molecule has 0 aromatic heterocycles. The molecule has 9 heteroatoms. The summed E-state index contributed by atoms with van der Waals surface area (Å²) >= 11 is 6.07. The van der Waals surface area contributed by atoms with Gasteiger partial charge in [-0.15, -0.1) is 0 Å². The minimum absolute atomic E-state index is 0.0721. The Balaban J connectivity index is 1.61. The van der Waals surface area contributed by atoms with Crippen LogP contribution < -0.4 is 18.9 Å². The third-order valence-corrected chi connectivity index (χ3v) is 5.27. The van der Waals surface area contributed by atoms with E-state index in [1.54, 1.807) is 60.7 Å². The second kappa shape index (κ2) is 10.3. The Morgan fingerprint density at radius 3 is 2.34 bits per heavy atom. The van der Waals surface area contributed by atoms with Crippen molar-refractivity contribution in [1.29, 1.82) is 0 Å². The van der Waals surface area contributed by atoms with Crippen LogP contribution in [0.25, 0.3) is 6.08 Å². The van der Waals surface area contributed by atoms with E-state index >= 15 is 0 Å². The lowest BCUT2D eigenvalue weighted by atomic mass is 10.1. The van der Waals surface area contributed by atoms with Crippen LogP contribution >= 0.6 is 11.6 Å². The summed E-state index contributed by atoms with van der Waals surface area (Å²) in [4.78, 5) is 29.4. The van der Waals surface area contributed by atoms with Crippen molar-refractivity contribution in [2.45, 2.75) is 0 Å². The minimum Gasteiger partial charge on any atom is -0.496 e. The number of rotatable bonds is 7. The molecular weight excluding hydrogens is 474 g/mol. The third kappa shape index (κ3) is 5.12. The highest BCUT2D eigenvalue weighted by Crippen LogP contribution is 2.32. The van der Waals surface area contributed by atoms with Crippen LogP contribution in [0.1, 0.15) is 21.5 Å². The maximum Gasteiger partial charge on any atom is 0.363 e. The number of halogens is 1. The number of cyclic esters (lactones) is 1. The number of ether oxygens (including phenoxy) is 5. The van der Waals surface area contributed by atoms with E-state index in [2.05, 4.69) is 4.99 Å². The van der Waals surface area contributed by atoms with Gasteiger partial charge in [0, 0.05) is 5.02 Å². The average Bonchev–Trinajstić information content (AvgIpc) is 3.24. The van der Waals surface area contributed by atoms with Gasteiger partial charge in [0.2, 0.25) is 5.90 Å². The van der Waals surface area contributed by atoms with E-state index in [-0.39, 0.29) is 28.7 Å². The maximum atomic E-state index is 12.6. The van der Waals surface area contributed by atoms with Crippen LogP contribution in [-0.2, 0) is 9.53 Å². The van der Waals surface area contributed by atoms with Crippen molar-refractivity contribution in [3.63, 3.8) is 0 Å². The summed E-state index contributed by atoms with van der Waals surface area (Å²) in [5.41, 5.74) is 1.37. The topological polar surface area (TPSA) is 92.6 Å². The molecule has 0 amide bonds. The first kappa shape index (κ1) is 23.8. The molecule has 0 saturated heterocycles. The summed E-state index contributed by atoms with van der Waals surface area (Å²) in [6.07, 6.45) is 1.53. The lowest BCUT2D eigenvalue weighted by molar-refractivity contribution is -0.129. The molecule has 0 bridgehead atoms. The van der Waals surface area contributed by atoms with Gasteiger partial charge in [-0.05, 0) is 54.1 Å². The number of nitrogens with zero attached hydrogens (tertiary/aromatic N) is 1. The molecule has 0 aliphatic carbocycles. The van der Waals surface area contributed by atoms with Crippen LogP contribution in [0, 0.1) is 0 Å². The van der Waals surface area contributed by atoms with Gasteiger partial charge < -0.3 is 23.7 Å². The fourth-order valence-electron chi connectivity index (χ4n) is 3.36. The van der Waals surface area contributed by atoms with Crippen LogP contribution in [0.4, 0.5) is 0 Å². The van der Waals surface area contributed by atoms with Gasteiger partial charge >= 0.3 is 11.9 Å². The number of hydrogen-bond acceptors (Lipinski definition) is 8. The fraction of sp³-hybridized carbons (Fsp3) is 0.115. The van der Waals surface area contributed by atoms with E-state index < -0.39 is 11.9 Å². The van der Waals surface area contributed by atoms with Gasteiger partial charge in [0.15, 0.2) is 17.2 Å². The van der Waals surface area contributed by atoms with Gasteiger partial charge in [-0.3, -0.25) is 0 Å². The minimum atomic E-state index is -0.632. The molecule has 0 spiro atoms. The molecule has 1 aliphatic rings. The van der Waals surface area contributed by atoms with Crippen molar-refractivity contribution < 1.29 is 33.3 Å². The van der Waals surface area contributed by atoms with Gasteiger partial charge in [0.25, 0.3) is 0 Å². The summed E-state index contributed by atoms with van der Waals surface area (Å²) in [5, 5.41) is 0.444. The molecule has 3 aromatic carbocycles. The quantitative estimate of drug-likeness (QED) is 0.262. The monoisotopic (exact) mass is 493 g/mol. The van der Waals surface area contributed by atoms with Crippen molar-refractivity contribution >= 4 is 35.5 Å². The zero-order valence-electron chi connectivity index (χ0n) is 19.0. The maximum absolute atomic E-state index is 12.6. The molecule has 8 nitrogen and oxygen atoms in total. The summed E-state index contributed by atoms with van der Waals surface area (Å²) in [6, 6.07) is 16.5. The van der Waals surface area contributed by atoms with E-state index in [0.29, 0.717) is 27.6 Å². The Morgan fingerprint density at radius 2 is 1.60 bits per heavy atom. The molecule has 0 radical (unpaired) electrons. The largest absolute Gasteiger partial charge is 0.496 e. The predicted molar refractivity (Wildman–Crippen MR) is 130 cm³/mol. The van der Waals surface area contributed by atoms with Crippen molar-refractivity contribution in [2.24, 2.45) is 4.99 Å². The molecule has 178 valence electrons. The highest BCUT2D eigenvalue weighted by atomic mass is 35.5. The van der Waals surface area contributed by atoms with Gasteiger partial charge in [-0.2, -0.15) is 0 Å². The van der Waals surface area contributed by atoms with E-state index in [4.69, 9.17) is 35.3 Å². The number of aliphatic imine (C=N–C) groups is 1. The molecular formula is C26H20ClNO7. The molecule has 0 unspecified atom stereocenters. The standard InChI is InChI=1S/C26H20ClNO7/c1-31-20-7-5-4-6-17(20)25(29)34-22-10-8-15(13-23(22)33-3)12-19-26(30)35-24(28-19)18-14-16(27)9-11-21(18)32-2/h4-14H,1-3H3. The molecule has 4 rings (SSSR count). The molecule has 1 heterocycles. The smallest absolute Gasteiger partial charge is 0.363 e. The third-order valence-electron chi connectivity index (χ3n) is 5.03. The van der Waals surface area contributed by atoms with Crippen LogP contribution in [0.15, 0.2) is 71.4 Å². The number of para-hydroxylation sites is 1. The van der Waals surface area contributed by atoms with Gasteiger partial charge in [-0.1, -0.05) is 29.8 Å². The Bertz CT molecular complexity index is 1360. The van der Waals surface area contributed by atoms with Gasteiger partial charge in [0.05, 0.1) is 26.9 Å². The highest BCUT2D eigenvalue weighted by molar-refractivity contribution is 6.31. The van der Waals surface area contributed by atoms with E-state index in [1.807, 2.05) is 0 Å². The van der Waals surface area contributed by atoms with Crippen LogP contribution in [-0.4, -0.2) is 39.2 Å². The van der Waals surface area contributed by atoms with Crippen molar-refractivity contribution in [1.82, 2.24) is 0 Å². The number of carbonyl (C=O) groups excluding carboxylic acids is 2. The zero-order chi connectivity index (χ0) is 24.9. The zero-order valence-corrected chi connectivity index (χ0v) is 19.8. The number of esters is 2. The van der Waals surface area contributed by atoms with Crippen LogP contribution in [0.3, 0.4) is 0 Å². The summed E-state index contributed by atoms with van der Waals surface area (Å²) in [6.45, 7) is 0. The molecule has 1 aliphatic heterocycles. The molecule has 0 atom stereocenters. The van der Waals surface area contributed by atoms with Gasteiger partial charge in [0.1, 0.15) is 17.1 Å². The van der Waals surface area contributed by atoms with Crippen LogP contribution in [0.2, 0.25) is 5.02 Å². The number of carbonyl (C=O) groups is 2. The SMILES string of the molecule is COc1cc(C=C2N=C(c3cc(Cl)ccc3OC)OC2=O)ccc1OC(=O)c1ccccc1OC. The summed E-state index contributed by atoms with van der Waals surface area (Å²) < 4.78 is 26.7. The van der Waals surface area contributed by atoms with E-state index in [9.17, 15) is 9.59 Å². The van der Waals surface area contributed by atoms with E-state index in [1.165, 1.54) is 27.4 Å². The highest BCUT2D eigenvalue weighted by Gasteiger charge is 2.27. The molecule has 0 fully saturated rings. The van der Waals surface area contributed by atoms with Crippen molar-refractivity contribution in [3.05, 3.63) is 88.1 Å². The Labute approximate surface area is 206 Å². The number of benzene rings is 3. The number of methoxy groups -OCH3 is 3. The van der Waals surface area contributed by atoms with Crippen molar-refractivity contribution in [3.8, 4) is 23.0 Å². The first-order chi connectivity index (χ1) is 16.9. The number of hydrogen-bond donors (Lipinski definition) is 0. The molecule has 0 N–H and O–H groups in total. The molecule has 3 aromatic rings. The summed E-state index contributed by atoms with van der Waals surface area (Å²) in [7, 11) is 4.41.